The average Bonchev–Trinajstić information content (AvgIpc) is 2.58. The summed E-state index contributed by atoms with van der Waals surface area (Å²) < 4.78 is 12.5. The van der Waals surface area contributed by atoms with Gasteiger partial charge in [0.2, 0.25) is 0 Å². The highest BCUT2D eigenvalue weighted by Crippen LogP contribution is 2.20. The number of para-hydroxylation sites is 1. The van der Waals surface area contributed by atoms with E-state index in [1.165, 1.54) is 6.33 Å². The summed E-state index contributed by atoms with van der Waals surface area (Å²) in [7, 11) is 1.56. The highest BCUT2D eigenvalue weighted by Gasteiger charge is 2.11. The minimum atomic E-state index is -0.193. The molecule has 1 aromatic carbocycles. The quantitative estimate of drug-likeness (QED) is 0.723. The molecule has 3 aromatic rings. The van der Waals surface area contributed by atoms with Crippen molar-refractivity contribution in [3.63, 3.8) is 0 Å². The fourth-order valence-corrected chi connectivity index (χ4v) is 2.42. The summed E-state index contributed by atoms with van der Waals surface area (Å²) in [6.45, 7) is 2.29. The molecule has 23 heavy (non-hydrogen) atoms. The fraction of sp³-hybridized carbons (Fsp3) is 0.235. The third-order valence-electron chi connectivity index (χ3n) is 3.46. The van der Waals surface area contributed by atoms with Crippen molar-refractivity contribution >= 4 is 10.9 Å². The van der Waals surface area contributed by atoms with Gasteiger partial charge >= 0.3 is 0 Å². The van der Waals surface area contributed by atoms with Gasteiger partial charge in [-0.1, -0.05) is 6.07 Å². The van der Waals surface area contributed by atoms with Gasteiger partial charge in [-0.15, -0.1) is 0 Å². The van der Waals surface area contributed by atoms with Gasteiger partial charge in [-0.25, -0.2) is 4.98 Å². The Morgan fingerprint density at radius 3 is 2.87 bits per heavy atom. The summed E-state index contributed by atoms with van der Waals surface area (Å²) in [6, 6.07) is 8.95. The minimum Gasteiger partial charge on any atom is -0.494 e. The Balaban J connectivity index is 1.86. The third kappa shape index (κ3) is 3.15. The average molecular weight is 311 g/mol. The van der Waals surface area contributed by atoms with Crippen molar-refractivity contribution in [3.8, 4) is 11.5 Å². The highest BCUT2D eigenvalue weighted by molar-refractivity contribution is 5.83. The first-order chi connectivity index (χ1) is 11.2. The molecule has 0 bridgehead atoms. The number of hydrogen-bond donors (Lipinski definition) is 0. The molecular weight excluding hydrogens is 294 g/mol. The summed E-state index contributed by atoms with van der Waals surface area (Å²) in [5, 5.41) is 0.528. The van der Waals surface area contributed by atoms with E-state index in [-0.39, 0.29) is 11.7 Å². The zero-order chi connectivity index (χ0) is 16.2. The standard InChI is InChI=1S/C17H17N3O3/c1-12(23-13-5-4-8-18-9-13)10-20-11-19-16-14(17(20)21)6-3-7-15(16)22-2/h3-9,11-12H,10H2,1-2H3. The lowest BCUT2D eigenvalue weighted by Crippen LogP contribution is -2.28. The summed E-state index contributed by atoms with van der Waals surface area (Å²) in [4.78, 5) is 20.9. The molecule has 6 heteroatoms. The van der Waals surface area contributed by atoms with Gasteiger partial charge in [0.05, 0.1) is 31.6 Å². The van der Waals surface area contributed by atoms with Crippen LogP contribution in [0.1, 0.15) is 6.92 Å². The van der Waals surface area contributed by atoms with Gasteiger partial charge in [0, 0.05) is 6.20 Å². The molecule has 0 fully saturated rings. The predicted molar refractivity (Wildman–Crippen MR) is 86.9 cm³/mol. The molecule has 0 spiro atoms. The number of rotatable bonds is 5. The van der Waals surface area contributed by atoms with Gasteiger partial charge in [-0.2, -0.15) is 0 Å². The highest BCUT2D eigenvalue weighted by atomic mass is 16.5. The molecule has 0 aliphatic heterocycles. The zero-order valence-corrected chi connectivity index (χ0v) is 13.0. The van der Waals surface area contributed by atoms with Crippen LogP contribution in [0.4, 0.5) is 0 Å². The number of ether oxygens (including phenoxy) is 2. The van der Waals surface area contributed by atoms with Crippen molar-refractivity contribution in [1.82, 2.24) is 14.5 Å². The van der Waals surface area contributed by atoms with Crippen molar-refractivity contribution in [2.24, 2.45) is 0 Å². The number of pyridine rings is 1. The Kier molecular flexibility index (Phi) is 4.23. The molecule has 0 aliphatic carbocycles. The van der Waals surface area contributed by atoms with E-state index in [1.807, 2.05) is 13.0 Å². The lowest BCUT2D eigenvalue weighted by Gasteiger charge is -2.16. The first-order valence-corrected chi connectivity index (χ1v) is 7.28. The summed E-state index contributed by atoms with van der Waals surface area (Å²) >= 11 is 0. The lowest BCUT2D eigenvalue weighted by molar-refractivity contribution is 0.197. The largest absolute Gasteiger partial charge is 0.494 e. The van der Waals surface area contributed by atoms with Crippen LogP contribution in [0.3, 0.4) is 0 Å². The molecule has 0 saturated heterocycles. The predicted octanol–water partition coefficient (Wildman–Crippen LogP) is 2.27. The molecule has 1 atom stereocenters. The first-order valence-electron chi connectivity index (χ1n) is 7.28. The second-order valence-corrected chi connectivity index (χ2v) is 5.18. The van der Waals surface area contributed by atoms with Gasteiger partial charge in [0.15, 0.2) is 0 Å². The van der Waals surface area contributed by atoms with Crippen LogP contribution < -0.4 is 15.0 Å². The molecule has 0 amide bonds. The minimum absolute atomic E-state index is 0.115. The van der Waals surface area contributed by atoms with Crippen molar-refractivity contribution in [1.29, 1.82) is 0 Å². The molecule has 0 aliphatic rings. The maximum atomic E-state index is 12.6. The van der Waals surface area contributed by atoms with Gasteiger partial charge in [0.1, 0.15) is 23.1 Å². The van der Waals surface area contributed by atoms with Crippen LogP contribution in [0, 0.1) is 0 Å². The van der Waals surface area contributed by atoms with Gasteiger partial charge in [-0.05, 0) is 31.2 Å². The van der Waals surface area contributed by atoms with Crippen LogP contribution in [0.15, 0.2) is 53.8 Å². The van der Waals surface area contributed by atoms with Crippen molar-refractivity contribution < 1.29 is 9.47 Å². The Morgan fingerprint density at radius 1 is 1.26 bits per heavy atom. The van der Waals surface area contributed by atoms with Crippen LogP contribution >= 0.6 is 0 Å². The topological polar surface area (TPSA) is 66.2 Å². The van der Waals surface area contributed by atoms with Crippen LogP contribution in [-0.4, -0.2) is 27.7 Å². The van der Waals surface area contributed by atoms with E-state index < -0.39 is 0 Å². The molecule has 2 heterocycles. The molecule has 6 nitrogen and oxygen atoms in total. The Morgan fingerprint density at radius 2 is 2.13 bits per heavy atom. The van der Waals surface area contributed by atoms with Crippen LogP contribution in [0.25, 0.3) is 10.9 Å². The second kappa shape index (κ2) is 6.48. The van der Waals surface area contributed by atoms with Crippen LogP contribution in [-0.2, 0) is 6.54 Å². The van der Waals surface area contributed by atoms with Crippen LogP contribution in [0.5, 0.6) is 11.5 Å². The molecule has 118 valence electrons. The number of aromatic nitrogens is 3. The molecule has 1 unspecified atom stereocenters. The number of fused-ring (bicyclic) bond motifs is 1. The Hall–Kier alpha value is -2.89. The summed E-state index contributed by atoms with van der Waals surface area (Å²) in [5.74, 6) is 1.26. The molecule has 2 aromatic heterocycles. The number of nitrogens with zero attached hydrogens (tertiary/aromatic N) is 3. The van der Waals surface area contributed by atoms with Gasteiger partial charge in [0.25, 0.3) is 5.56 Å². The molecule has 0 saturated carbocycles. The second-order valence-electron chi connectivity index (χ2n) is 5.18. The maximum Gasteiger partial charge on any atom is 0.261 e. The smallest absolute Gasteiger partial charge is 0.261 e. The van der Waals surface area contributed by atoms with Gasteiger partial charge in [-0.3, -0.25) is 14.3 Å². The fourth-order valence-electron chi connectivity index (χ4n) is 2.42. The van der Waals surface area contributed by atoms with E-state index >= 15 is 0 Å². The third-order valence-corrected chi connectivity index (χ3v) is 3.46. The molecular formula is C17H17N3O3. The Bertz CT molecular complexity index is 862. The first kappa shape index (κ1) is 15.0. The number of benzene rings is 1. The van der Waals surface area contributed by atoms with E-state index in [0.717, 1.165) is 0 Å². The van der Waals surface area contributed by atoms with E-state index in [4.69, 9.17) is 9.47 Å². The number of methoxy groups -OCH3 is 1. The normalized spacial score (nSPS) is 12.1. The zero-order valence-electron chi connectivity index (χ0n) is 13.0. The van der Waals surface area contributed by atoms with Crippen LogP contribution in [0.2, 0.25) is 0 Å². The van der Waals surface area contributed by atoms with Gasteiger partial charge < -0.3 is 9.47 Å². The van der Waals surface area contributed by atoms with E-state index in [0.29, 0.717) is 28.9 Å². The Labute approximate surface area is 133 Å². The molecule has 0 N–H and O–H groups in total. The van der Waals surface area contributed by atoms with E-state index in [1.54, 1.807) is 48.3 Å². The summed E-state index contributed by atoms with van der Waals surface area (Å²) in [5.41, 5.74) is 0.451. The van der Waals surface area contributed by atoms with E-state index in [9.17, 15) is 4.79 Å². The van der Waals surface area contributed by atoms with Crippen molar-refractivity contribution in [2.75, 3.05) is 7.11 Å². The number of hydrogen-bond acceptors (Lipinski definition) is 5. The lowest BCUT2D eigenvalue weighted by atomic mass is 10.2. The maximum absolute atomic E-state index is 12.6. The summed E-state index contributed by atoms with van der Waals surface area (Å²) in [6.07, 6.45) is 4.66. The SMILES string of the molecule is COc1cccc2c(=O)n(CC(C)Oc3cccnc3)cnc12. The van der Waals surface area contributed by atoms with Crippen molar-refractivity contribution in [2.45, 2.75) is 19.6 Å². The van der Waals surface area contributed by atoms with E-state index in [2.05, 4.69) is 9.97 Å². The molecule has 3 rings (SSSR count). The molecule has 0 radical (unpaired) electrons. The van der Waals surface area contributed by atoms with Crippen molar-refractivity contribution in [3.05, 3.63) is 59.4 Å². The monoisotopic (exact) mass is 311 g/mol.